The van der Waals surface area contributed by atoms with E-state index in [9.17, 15) is 4.79 Å². The van der Waals surface area contributed by atoms with Crippen molar-refractivity contribution in [2.45, 2.75) is 6.04 Å². The van der Waals surface area contributed by atoms with Crippen LogP contribution in [-0.2, 0) is 0 Å². The largest absolute Gasteiger partial charge is 0.417 e. The molecular formula is C9H11N3O2. The molecule has 0 bridgehead atoms. The van der Waals surface area contributed by atoms with Gasteiger partial charge in [0.15, 0.2) is 5.58 Å². The van der Waals surface area contributed by atoms with Crippen molar-refractivity contribution in [2.75, 3.05) is 6.54 Å². The highest BCUT2D eigenvalue weighted by Gasteiger charge is 2.06. The van der Waals surface area contributed by atoms with Gasteiger partial charge in [-0.1, -0.05) is 6.07 Å². The first-order chi connectivity index (χ1) is 6.70. The van der Waals surface area contributed by atoms with Crippen LogP contribution in [-0.4, -0.2) is 11.5 Å². The molecule has 1 aromatic heterocycles. The van der Waals surface area contributed by atoms with Crippen molar-refractivity contribution in [3.63, 3.8) is 0 Å². The summed E-state index contributed by atoms with van der Waals surface area (Å²) in [6, 6.07) is 5.07. The van der Waals surface area contributed by atoms with Crippen molar-refractivity contribution in [3.8, 4) is 0 Å². The van der Waals surface area contributed by atoms with Crippen molar-refractivity contribution in [1.29, 1.82) is 0 Å². The first-order valence-corrected chi connectivity index (χ1v) is 4.29. The number of H-pyrrole nitrogens is 1. The van der Waals surface area contributed by atoms with Crippen LogP contribution in [0.2, 0.25) is 0 Å². The van der Waals surface area contributed by atoms with Crippen molar-refractivity contribution < 1.29 is 4.42 Å². The summed E-state index contributed by atoms with van der Waals surface area (Å²) < 4.78 is 4.85. The molecule has 2 rings (SSSR count). The molecule has 1 heterocycles. The molecule has 0 saturated carbocycles. The Morgan fingerprint density at radius 2 is 2.29 bits per heavy atom. The van der Waals surface area contributed by atoms with Gasteiger partial charge >= 0.3 is 5.76 Å². The molecule has 0 saturated heterocycles. The molecule has 5 N–H and O–H groups in total. The molecule has 0 radical (unpaired) electrons. The van der Waals surface area contributed by atoms with Crippen molar-refractivity contribution in [3.05, 3.63) is 34.3 Å². The monoisotopic (exact) mass is 193 g/mol. The third-order valence-corrected chi connectivity index (χ3v) is 2.13. The zero-order chi connectivity index (χ0) is 10.1. The van der Waals surface area contributed by atoms with Gasteiger partial charge in [0.05, 0.1) is 5.52 Å². The Balaban J connectivity index is 2.55. The zero-order valence-electron chi connectivity index (χ0n) is 7.49. The first-order valence-electron chi connectivity index (χ1n) is 4.29. The van der Waals surface area contributed by atoms with E-state index in [1.54, 1.807) is 18.2 Å². The summed E-state index contributed by atoms with van der Waals surface area (Å²) in [5.74, 6) is -0.460. The maximum atomic E-state index is 10.9. The van der Waals surface area contributed by atoms with Crippen LogP contribution in [0.3, 0.4) is 0 Å². The van der Waals surface area contributed by atoms with Crippen LogP contribution in [0, 0.1) is 0 Å². The minimum Gasteiger partial charge on any atom is -0.408 e. The number of hydrogen-bond acceptors (Lipinski definition) is 4. The number of fused-ring (bicyclic) bond motifs is 1. The van der Waals surface area contributed by atoms with Gasteiger partial charge in [0, 0.05) is 12.6 Å². The molecule has 2 aromatic rings. The van der Waals surface area contributed by atoms with E-state index < -0.39 is 5.76 Å². The van der Waals surface area contributed by atoms with E-state index in [1.165, 1.54) is 0 Å². The van der Waals surface area contributed by atoms with Gasteiger partial charge in [-0.05, 0) is 17.7 Å². The predicted octanol–water partition coefficient (Wildman–Crippen LogP) is 0.0796. The molecule has 1 aromatic carbocycles. The standard InChI is InChI=1S/C9H11N3O2/c10-4-6(11)5-1-2-8-7(3-5)12-9(13)14-8/h1-3,6H,4,10-11H2,(H,12,13). The van der Waals surface area contributed by atoms with Crippen molar-refractivity contribution in [2.24, 2.45) is 11.5 Å². The maximum absolute atomic E-state index is 10.9. The summed E-state index contributed by atoms with van der Waals surface area (Å²) in [6.45, 7) is 0.369. The molecule has 74 valence electrons. The van der Waals surface area contributed by atoms with Crippen LogP contribution in [0.15, 0.2) is 27.4 Å². The van der Waals surface area contributed by atoms with E-state index in [-0.39, 0.29) is 6.04 Å². The average molecular weight is 193 g/mol. The Morgan fingerprint density at radius 3 is 3.00 bits per heavy atom. The van der Waals surface area contributed by atoms with Gasteiger partial charge in [0.25, 0.3) is 0 Å². The fourth-order valence-electron chi connectivity index (χ4n) is 1.34. The van der Waals surface area contributed by atoms with Crippen LogP contribution in [0.1, 0.15) is 11.6 Å². The van der Waals surface area contributed by atoms with Crippen LogP contribution < -0.4 is 17.2 Å². The normalized spacial score (nSPS) is 13.3. The lowest BCUT2D eigenvalue weighted by Gasteiger charge is -2.07. The molecule has 0 fully saturated rings. The number of nitrogens with two attached hydrogens (primary N) is 2. The fourth-order valence-corrected chi connectivity index (χ4v) is 1.34. The maximum Gasteiger partial charge on any atom is 0.417 e. The molecular weight excluding hydrogens is 182 g/mol. The van der Waals surface area contributed by atoms with Crippen LogP contribution in [0.5, 0.6) is 0 Å². The third-order valence-electron chi connectivity index (χ3n) is 2.13. The minimum absolute atomic E-state index is 0.210. The highest BCUT2D eigenvalue weighted by Crippen LogP contribution is 2.15. The van der Waals surface area contributed by atoms with Gasteiger partial charge in [-0.3, -0.25) is 4.98 Å². The van der Waals surface area contributed by atoms with Gasteiger partial charge in [0.2, 0.25) is 0 Å². The quantitative estimate of drug-likeness (QED) is 0.629. The molecule has 0 spiro atoms. The molecule has 0 aliphatic carbocycles. The second kappa shape index (κ2) is 3.28. The summed E-state index contributed by atoms with van der Waals surface area (Å²) in [5, 5.41) is 0. The molecule has 14 heavy (non-hydrogen) atoms. The number of nitrogens with one attached hydrogen (secondary N) is 1. The Kier molecular flexibility index (Phi) is 2.11. The number of aromatic amines is 1. The van der Waals surface area contributed by atoms with E-state index in [2.05, 4.69) is 4.98 Å². The Bertz CT molecular complexity index is 500. The predicted molar refractivity (Wildman–Crippen MR) is 52.8 cm³/mol. The summed E-state index contributed by atoms with van der Waals surface area (Å²) in [4.78, 5) is 13.4. The minimum atomic E-state index is -0.460. The molecule has 0 aliphatic heterocycles. The first kappa shape index (κ1) is 8.98. The molecule has 0 amide bonds. The van der Waals surface area contributed by atoms with Gasteiger partial charge in [-0.25, -0.2) is 4.79 Å². The number of hydrogen-bond donors (Lipinski definition) is 3. The molecule has 5 nitrogen and oxygen atoms in total. The Hall–Kier alpha value is -1.59. The fraction of sp³-hybridized carbons (Fsp3) is 0.222. The van der Waals surface area contributed by atoms with Crippen LogP contribution >= 0.6 is 0 Å². The van der Waals surface area contributed by atoms with Gasteiger partial charge in [-0.15, -0.1) is 0 Å². The van der Waals surface area contributed by atoms with E-state index in [0.29, 0.717) is 17.6 Å². The van der Waals surface area contributed by atoms with E-state index in [4.69, 9.17) is 15.9 Å². The number of benzene rings is 1. The second-order valence-corrected chi connectivity index (χ2v) is 3.11. The lowest BCUT2D eigenvalue weighted by atomic mass is 10.1. The van der Waals surface area contributed by atoms with Gasteiger partial charge in [0.1, 0.15) is 0 Å². The Labute approximate surface area is 79.7 Å². The van der Waals surface area contributed by atoms with E-state index in [0.717, 1.165) is 5.56 Å². The average Bonchev–Trinajstić information content (AvgIpc) is 2.55. The number of rotatable bonds is 2. The zero-order valence-corrected chi connectivity index (χ0v) is 7.49. The summed E-state index contributed by atoms with van der Waals surface area (Å²) in [7, 11) is 0. The van der Waals surface area contributed by atoms with Crippen LogP contribution in [0.4, 0.5) is 0 Å². The topological polar surface area (TPSA) is 98.0 Å². The second-order valence-electron chi connectivity index (χ2n) is 3.11. The molecule has 5 heteroatoms. The Morgan fingerprint density at radius 1 is 1.50 bits per heavy atom. The van der Waals surface area contributed by atoms with Crippen LogP contribution in [0.25, 0.3) is 11.1 Å². The SMILES string of the molecule is NCC(N)c1ccc2oc(=O)[nH]c2c1. The highest BCUT2D eigenvalue weighted by atomic mass is 16.4. The molecule has 0 aliphatic rings. The van der Waals surface area contributed by atoms with E-state index in [1.807, 2.05) is 0 Å². The molecule has 1 unspecified atom stereocenters. The lowest BCUT2D eigenvalue weighted by Crippen LogP contribution is -2.20. The summed E-state index contributed by atoms with van der Waals surface area (Å²) in [6.07, 6.45) is 0. The summed E-state index contributed by atoms with van der Waals surface area (Å²) in [5.41, 5.74) is 13.2. The lowest BCUT2D eigenvalue weighted by molar-refractivity contribution is 0.555. The van der Waals surface area contributed by atoms with Gasteiger partial charge in [-0.2, -0.15) is 0 Å². The van der Waals surface area contributed by atoms with Gasteiger partial charge < -0.3 is 15.9 Å². The molecule has 1 atom stereocenters. The number of oxazole rings is 1. The summed E-state index contributed by atoms with van der Waals surface area (Å²) >= 11 is 0. The highest BCUT2D eigenvalue weighted by molar-refractivity contribution is 5.72. The smallest absolute Gasteiger partial charge is 0.408 e. The number of aromatic nitrogens is 1. The van der Waals surface area contributed by atoms with Crippen molar-refractivity contribution in [1.82, 2.24) is 4.98 Å². The third kappa shape index (κ3) is 1.43. The van der Waals surface area contributed by atoms with E-state index >= 15 is 0 Å². The van der Waals surface area contributed by atoms with Crippen molar-refractivity contribution >= 4 is 11.1 Å².